The number of hydrogen-bond donors (Lipinski definition) is 5. The third-order valence-corrected chi connectivity index (χ3v) is 18.4. The van der Waals surface area contributed by atoms with Crippen LogP contribution in [0.3, 0.4) is 0 Å². The van der Waals surface area contributed by atoms with Gasteiger partial charge in [0.1, 0.15) is 30.5 Å². The first kappa shape index (κ1) is 71.6. The second-order valence-corrected chi connectivity index (χ2v) is 24.9. The number of nitrogens with one attached hydrogen (secondary N) is 1. The summed E-state index contributed by atoms with van der Waals surface area (Å²) in [7, 11) is 4.61. The summed E-state index contributed by atoms with van der Waals surface area (Å²) in [6.07, 6.45) is 11.6. The minimum atomic E-state index is -2.47. The largest absolute Gasteiger partial charge is 0.459 e. The monoisotopic (exact) mass is 1240 g/mol. The summed E-state index contributed by atoms with van der Waals surface area (Å²) in [6, 6.07) is -2.02. The summed E-state index contributed by atoms with van der Waals surface area (Å²) in [5, 5.41) is 37.6. The summed E-state index contributed by atoms with van der Waals surface area (Å²) < 4.78 is 41.7. The molecule has 1 aromatic heterocycles. The zero-order chi connectivity index (χ0) is 64.2. The number of cyclic esters (lactones) is 1. The Labute approximate surface area is 520 Å². The Morgan fingerprint density at radius 3 is 2.22 bits per heavy atom. The lowest BCUT2D eigenvalue weighted by atomic mass is 9.80. The molecule has 3 amide bonds. The number of ketones is 2. The third-order valence-electron chi connectivity index (χ3n) is 18.4. The SMILES string of the molecule is CCOCCC(=O)N1CCN(c2ncc(CNC(=O)O[C@@H]3CC[C@@H](C[C@@H](N)[C@@H]4C[C@@H](OC)[C@H](C)/C=C(\C)[C@@H](O)[C@@H](O)C(=O)[C@H](C)C[C@H](C)/C=C/C=C/C=C(\C)[C@@H](OC)C[C@@H]5CC[C@@H](C)[C@@](O)(O5)C(=O)C(=O)N5CCCC[C@H]5C(=O)O4)C[C@H]3OC)cn2)CC1. The van der Waals surface area contributed by atoms with Crippen molar-refractivity contribution in [2.45, 2.75) is 205 Å². The van der Waals surface area contributed by atoms with Gasteiger partial charge in [-0.1, -0.05) is 64.2 Å². The molecule has 0 spiro atoms. The van der Waals surface area contributed by atoms with Crippen LogP contribution in [0.25, 0.3) is 0 Å². The van der Waals surface area contributed by atoms with Crippen molar-refractivity contribution in [3.63, 3.8) is 0 Å². The lowest BCUT2D eigenvalue weighted by Crippen LogP contribution is -2.61. The van der Waals surface area contributed by atoms with E-state index in [2.05, 4.69) is 15.3 Å². The van der Waals surface area contributed by atoms with Gasteiger partial charge in [-0.3, -0.25) is 19.2 Å². The number of esters is 1. The van der Waals surface area contributed by atoms with Crippen molar-refractivity contribution in [3.8, 4) is 0 Å². The van der Waals surface area contributed by atoms with Gasteiger partial charge in [0.05, 0.1) is 37.4 Å². The molecule has 23 nitrogen and oxygen atoms in total. The molecule has 0 radical (unpaired) electrons. The van der Waals surface area contributed by atoms with Gasteiger partial charge in [-0.2, -0.15) is 0 Å². The van der Waals surface area contributed by atoms with Crippen LogP contribution in [-0.4, -0.2) is 205 Å². The molecule has 6 rings (SSSR count). The number of carbonyl (C=O) groups excluding carboxylic acids is 6. The number of Topliss-reactive ketones (excluding diaryl/α,β-unsaturated/α-hetero) is 2. The highest BCUT2D eigenvalue weighted by atomic mass is 16.6. The van der Waals surface area contributed by atoms with E-state index in [1.165, 1.54) is 12.0 Å². The van der Waals surface area contributed by atoms with Crippen LogP contribution in [0.2, 0.25) is 0 Å². The Morgan fingerprint density at radius 2 is 1.53 bits per heavy atom. The molecule has 23 heteroatoms. The summed E-state index contributed by atoms with van der Waals surface area (Å²) in [5.41, 5.74) is 9.00. The zero-order valence-electron chi connectivity index (χ0n) is 53.6. The highest BCUT2D eigenvalue weighted by Crippen LogP contribution is 2.38. The van der Waals surface area contributed by atoms with Crippen LogP contribution in [0.5, 0.6) is 0 Å². The predicted molar refractivity (Wildman–Crippen MR) is 328 cm³/mol. The van der Waals surface area contributed by atoms with E-state index in [0.29, 0.717) is 121 Å². The number of ether oxygens (including phenoxy) is 7. The predicted octanol–water partition coefficient (Wildman–Crippen LogP) is 5.46. The topological polar surface area (TPSA) is 301 Å². The molecule has 492 valence electrons. The van der Waals surface area contributed by atoms with Gasteiger partial charge in [-0.05, 0) is 108 Å². The molecule has 3 saturated heterocycles. The Bertz CT molecular complexity index is 2580. The van der Waals surface area contributed by atoms with Crippen molar-refractivity contribution < 1.29 is 77.2 Å². The van der Waals surface area contributed by atoms with Crippen molar-refractivity contribution in [2.75, 3.05) is 72.2 Å². The molecule has 4 aliphatic heterocycles. The van der Waals surface area contributed by atoms with Gasteiger partial charge in [0, 0.05) is 122 Å². The highest BCUT2D eigenvalue weighted by Gasteiger charge is 2.53. The molecule has 2 bridgehead atoms. The zero-order valence-corrected chi connectivity index (χ0v) is 53.6. The van der Waals surface area contributed by atoms with E-state index in [1.54, 1.807) is 53.5 Å². The number of hydrogen-bond acceptors (Lipinski definition) is 20. The van der Waals surface area contributed by atoms with Crippen molar-refractivity contribution in [1.29, 1.82) is 0 Å². The van der Waals surface area contributed by atoms with E-state index < -0.39 is 114 Å². The van der Waals surface area contributed by atoms with E-state index in [0.717, 1.165) is 5.57 Å². The lowest BCUT2D eigenvalue weighted by molar-refractivity contribution is -0.265. The number of nitrogens with two attached hydrogens (primary N) is 1. The Kier molecular flexibility index (Phi) is 28.2. The number of piperazine rings is 1. The number of methoxy groups -OCH3 is 3. The Hall–Kier alpha value is -5.50. The Morgan fingerprint density at radius 1 is 0.818 bits per heavy atom. The van der Waals surface area contributed by atoms with Crippen LogP contribution in [0, 0.1) is 29.6 Å². The van der Waals surface area contributed by atoms with Crippen LogP contribution in [0.4, 0.5) is 10.7 Å². The molecular weight excluding hydrogens is 1130 g/mol. The molecule has 1 aliphatic carbocycles. The molecule has 88 heavy (non-hydrogen) atoms. The van der Waals surface area contributed by atoms with E-state index in [1.807, 2.05) is 67.9 Å². The highest BCUT2D eigenvalue weighted by molar-refractivity contribution is 6.39. The van der Waals surface area contributed by atoms with Gasteiger partial charge in [0.15, 0.2) is 5.78 Å². The molecule has 6 N–H and O–H groups in total. The number of nitrogens with zero attached hydrogens (tertiary/aromatic N) is 5. The maximum atomic E-state index is 14.8. The minimum Gasteiger partial charge on any atom is -0.459 e. The van der Waals surface area contributed by atoms with Crippen molar-refractivity contribution in [1.82, 2.24) is 25.1 Å². The maximum absolute atomic E-state index is 14.8. The van der Waals surface area contributed by atoms with Crippen LogP contribution >= 0.6 is 0 Å². The summed E-state index contributed by atoms with van der Waals surface area (Å²) >= 11 is 0. The number of aliphatic hydroxyl groups excluding tert-OH is 2. The molecule has 0 aromatic carbocycles. The molecule has 0 unspecified atom stereocenters. The number of aromatic nitrogens is 2. The first-order valence-corrected chi connectivity index (χ1v) is 31.8. The average Bonchev–Trinajstić information content (AvgIpc) is 1.08. The van der Waals surface area contributed by atoms with Gasteiger partial charge in [-0.15, -0.1) is 0 Å². The molecule has 16 atom stereocenters. The molecule has 1 aromatic rings. The Balaban J connectivity index is 1.16. The number of piperidine rings is 1. The van der Waals surface area contributed by atoms with Gasteiger partial charge in [-0.25, -0.2) is 19.6 Å². The molecular formula is C65H101N7O16. The maximum Gasteiger partial charge on any atom is 0.407 e. The minimum absolute atomic E-state index is 0.0435. The summed E-state index contributed by atoms with van der Waals surface area (Å²) in [6.45, 7) is 16.0. The van der Waals surface area contributed by atoms with Gasteiger partial charge >= 0.3 is 12.1 Å². The fourth-order valence-electron chi connectivity index (χ4n) is 12.8. The number of allylic oxidation sites excluding steroid dienone is 5. The van der Waals surface area contributed by atoms with Gasteiger partial charge in [0.2, 0.25) is 17.6 Å². The van der Waals surface area contributed by atoms with Crippen molar-refractivity contribution in [2.24, 2.45) is 35.3 Å². The van der Waals surface area contributed by atoms with Gasteiger partial charge in [0.25, 0.3) is 11.7 Å². The van der Waals surface area contributed by atoms with Crippen LogP contribution < -0.4 is 16.0 Å². The molecule has 4 fully saturated rings. The van der Waals surface area contributed by atoms with Crippen molar-refractivity contribution >= 4 is 41.4 Å². The van der Waals surface area contributed by atoms with Crippen LogP contribution in [0.15, 0.2) is 60.0 Å². The van der Waals surface area contributed by atoms with Gasteiger partial charge < -0.3 is 74.2 Å². The number of alkyl carbamates (subject to hydrolysis) is 1. The second-order valence-electron chi connectivity index (χ2n) is 24.9. The summed E-state index contributed by atoms with van der Waals surface area (Å²) in [4.78, 5) is 97.2. The molecule has 5 aliphatic rings. The normalized spacial score (nSPS) is 34.7. The first-order valence-electron chi connectivity index (χ1n) is 31.8. The van der Waals surface area contributed by atoms with E-state index in [4.69, 9.17) is 38.9 Å². The average molecular weight is 1240 g/mol. The van der Waals surface area contributed by atoms with E-state index >= 15 is 0 Å². The quantitative estimate of drug-likeness (QED) is 0.0668. The third kappa shape index (κ3) is 19.8. The van der Waals surface area contributed by atoms with E-state index in [9.17, 15) is 44.1 Å². The van der Waals surface area contributed by atoms with Crippen LogP contribution in [-0.2, 0) is 63.7 Å². The van der Waals surface area contributed by atoms with Crippen LogP contribution in [0.1, 0.15) is 138 Å². The number of aliphatic hydroxyl groups is 3. The number of anilines is 1. The number of carbonyl (C=O) groups is 6. The molecule has 1 saturated carbocycles. The first-order chi connectivity index (χ1) is 42.0. The second kappa shape index (κ2) is 34.6. The van der Waals surface area contributed by atoms with E-state index in [-0.39, 0.29) is 50.1 Å². The lowest BCUT2D eigenvalue weighted by Gasteiger charge is -2.43. The summed E-state index contributed by atoms with van der Waals surface area (Å²) in [5.74, 6) is -7.33. The number of rotatable bonds is 14. The number of fused-ring (bicyclic) bond motifs is 3. The molecule has 5 heterocycles. The number of amides is 3. The van der Waals surface area contributed by atoms with Crippen molar-refractivity contribution in [3.05, 3.63) is 65.6 Å². The smallest absolute Gasteiger partial charge is 0.407 e. The fourth-order valence-corrected chi connectivity index (χ4v) is 12.8. The standard InChI is InChI=1S/C65H101N7O16/c1-11-85-30-24-56(73)70-26-28-71(29-27-70)63-67-37-47(38-68-63)39-69-64(80)87-51-23-21-46(34-55(51)84-10)33-49(66)54-36-53(83-9)42(4)32-44(6)58(75)59(76)57(74)43(5)31-40(2)17-13-12-14-18-41(3)52(82-8)35-48-22-20-45(7)65(81,88-48)60(77)61(78)72-25-16-15-19-50(72)62(79)86-54/h12-14,17-18,32,37-38,40,42-43,45-46,48-55,58-59,75-76,81H,11,15-16,19-31,33-36,39,66H2,1-10H3,(H,69,80)/b14-12+,17-13+,41-18+,44-32+/t40-,42-,43-,45-,46+,48+,49-,50+,51-,52+,53-,54+,55-,58-,59+,65-/m1/s1. The fraction of sp³-hybridized carbons (Fsp3) is 0.723.